The van der Waals surface area contributed by atoms with Gasteiger partial charge < -0.3 is 5.11 Å². The molecule has 1 heterocycles. The average Bonchev–Trinajstić information content (AvgIpc) is 2.83. The zero-order chi connectivity index (χ0) is 14.5. The summed E-state index contributed by atoms with van der Waals surface area (Å²) in [5, 5.41) is 8.60. The Balaban J connectivity index is 1.99. The van der Waals surface area contributed by atoms with Crippen LogP contribution in [0.5, 0.6) is 0 Å². The maximum Gasteiger partial charge on any atom is 0.328 e. The molecular weight excluding hydrogens is 288 g/mol. The molecule has 0 radical (unpaired) electrons. The van der Waals surface area contributed by atoms with E-state index in [4.69, 9.17) is 5.11 Å². The lowest BCUT2D eigenvalue weighted by molar-refractivity contribution is -0.131. The Morgan fingerprint density at radius 3 is 2.80 bits per heavy atom. The van der Waals surface area contributed by atoms with Crippen LogP contribution >= 0.6 is 23.1 Å². The van der Waals surface area contributed by atoms with E-state index in [9.17, 15) is 4.79 Å². The van der Waals surface area contributed by atoms with Gasteiger partial charge in [-0.3, -0.25) is 0 Å². The molecule has 0 aliphatic heterocycles. The van der Waals surface area contributed by atoms with Crippen LogP contribution in [0.1, 0.15) is 20.9 Å². The summed E-state index contributed by atoms with van der Waals surface area (Å²) in [6.07, 6.45) is 2.81. The van der Waals surface area contributed by atoms with E-state index in [1.54, 1.807) is 17.4 Å². The molecule has 2 nitrogen and oxygen atoms in total. The predicted octanol–water partition coefficient (Wildman–Crippen LogP) is 4.76. The standard InChI is InChI=1S/C16H16O2S2/c1-11-3-7-15(12(2)9-11)19-10-14-5-4-13(20-14)6-8-16(17)18/h3-9H,10H2,1-2H3,(H,17,18). The highest BCUT2D eigenvalue weighted by molar-refractivity contribution is 7.98. The molecule has 0 saturated heterocycles. The van der Waals surface area contributed by atoms with Crippen molar-refractivity contribution in [3.05, 3.63) is 57.3 Å². The molecule has 0 spiro atoms. The first kappa shape index (κ1) is 14.9. The van der Waals surface area contributed by atoms with Crippen molar-refractivity contribution in [2.24, 2.45) is 0 Å². The van der Waals surface area contributed by atoms with Gasteiger partial charge in [0.2, 0.25) is 0 Å². The fourth-order valence-corrected chi connectivity index (χ4v) is 3.79. The topological polar surface area (TPSA) is 37.3 Å². The molecule has 1 N–H and O–H groups in total. The minimum atomic E-state index is -0.912. The van der Waals surface area contributed by atoms with Crippen LogP contribution in [0, 0.1) is 13.8 Å². The summed E-state index contributed by atoms with van der Waals surface area (Å²) in [4.78, 5) is 14.0. The van der Waals surface area contributed by atoms with Crippen molar-refractivity contribution in [1.82, 2.24) is 0 Å². The Kier molecular flexibility index (Phi) is 5.04. The lowest BCUT2D eigenvalue weighted by atomic mass is 10.2. The monoisotopic (exact) mass is 304 g/mol. The molecular formula is C16H16O2S2. The first-order chi connectivity index (χ1) is 9.54. The summed E-state index contributed by atoms with van der Waals surface area (Å²) in [5.41, 5.74) is 2.58. The molecule has 1 aromatic heterocycles. The first-order valence-electron chi connectivity index (χ1n) is 6.24. The minimum Gasteiger partial charge on any atom is -0.478 e. The maximum atomic E-state index is 10.5. The van der Waals surface area contributed by atoms with E-state index in [0.29, 0.717) is 0 Å². The normalized spacial score (nSPS) is 11.1. The predicted molar refractivity (Wildman–Crippen MR) is 86.5 cm³/mol. The van der Waals surface area contributed by atoms with Gasteiger partial charge >= 0.3 is 5.97 Å². The molecule has 0 atom stereocenters. The third-order valence-electron chi connectivity index (χ3n) is 2.77. The lowest BCUT2D eigenvalue weighted by Crippen LogP contribution is -1.84. The van der Waals surface area contributed by atoms with E-state index in [-0.39, 0.29) is 0 Å². The number of hydrogen-bond donors (Lipinski definition) is 1. The van der Waals surface area contributed by atoms with Crippen molar-refractivity contribution in [3.8, 4) is 0 Å². The zero-order valence-electron chi connectivity index (χ0n) is 11.4. The number of thiophene rings is 1. The van der Waals surface area contributed by atoms with Crippen LogP contribution in [0.25, 0.3) is 6.08 Å². The van der Waals surface area contributed by atoms with E-state index in [0.717, 1.165) is 10.6 Å². The van der Waals surface area contributed by atoms with Gasteiger partial charge in [-0.15, -0.1) is 23.1 Å². The van der Waals surface area contributed by atoms with Crippen LogP contribution in [0.2, 0.25) is 0 Å². The van der Waals surface area contributed by atoms with Gasteiger partial charge in [-0.2, -0.15) is 0 Å². The SMILES string of the molecule is Cc1ccc(SCc2ccc(C=CC(=O)O)s2)c(C)c1. The molecule has 0 unspecified atom stereocenters. The van der Waals surface area contributed by atoms with Crippen molar-refractivity contribution in [2.75, 3.05) is 0 Å². The van der Waals surface area contributed by atoms with Crippen LogP contribution in [0.3, 0.4) is 0 Å². The van der Waals surface area contributed by atoms with Gasteiger partial charge in [0.05, 0.1) is 0 Å². The minimum absolute atomic E-state index is 0.912. The van der Waals surface area contributed by atoms with Gasteiger partial charge in [0.25, 0.3) is 0 Å². The van der Waals surface area contributed by atoms with Crippen molar-refractivity contribution in [2.45, 2.75) is 24.5 Å². The van der Waals surface area contributed by atoms with E-state index >= 15 is 0 Å². The Morgan fingerprint density at radius 1 is 1.30 bits per heavy atom. The molecule has 0 saturated carbocycles. The number of carbonyl (C=O) groups is 1. The Labute approximate surface area is 127 Å². The smallest absolute Gasteiger partial charge is 0.328 e. The number of rotatable bonds is 5. The van der Waals surface area contributed by atoms with E-state index in [1.807, 2.05) is 17.8 Å². The van der Waals surface area contributed by atoms with Gasteiger partial charge in [0.1, 0.15) is 0 Å². The van der Waals surface area contributed by atoms with E-state index in [1.165, 1.54) is 27.0 Å². The van der Waals surface area contributed by atoms with Gasteiger partial charge in [-0.05, 0) is 43.7 Å². The van der Waals surface area contributed by atoms with Crippen molar-refractivity contribution >= 4 is 35.1 Å². The summed E-state index contributed by atoms with van der Waals surface area (Å²) in [5.74, 6) is -0.000221. The Hall–Kier alpha value is -1.52. The van der Waals surface area contributed by atoms with Crippen molar-refractivity contribution in [1.29, 1.82) is 0 Å². The molecule has 2 aromatic rings. The third kappa shape index (κ3) is 4.25. The van der Waals surface area contributed by atoms with Gasteiger partial charge in [0.15, 0.2) is 0 Å². The second kappa shape index (κ2) is 6.77. The molecule has 104 valence electrons. The molecule has 2 rings (SSSR count). The number of aliphatic carboxylic acids is 1. The second-order valence-electron chi connectivity index (χ2n) is 4.53. The summed E-state index contributed by atoms with van der Waals surface area (Å²) in [7, 11) is 0. The fourth-order valence-electron chi connectivity index (χ4n) is 1.83. The number of aryl methyl sites for hydroxylation is 2. The largest absolute Gasteiger partial charge is 0.478 e. The van der Waals surface area contributed by atoms with Crippen LogP contribution in [-0.4, -0.2) is 11.1 Å². The van der Waals surface area contributed by atoms with Gasteiger partial charge in [-0.25, -0.2) is 4.79 Å². The van der Waals surface area contributed by atoms with Gasteiger partial charge in [0, 0.05) is 26.5 Å². The molecule has 0 aliphatic rings. The highest BCUT2D eigenvalue weighted by atomic mass is 32.2. The van der Waals surface area contributed by atoms with E-state index < -0.39 is 5.97 Å². The highest BCUT2D eigenvalue weighted by Crippen LogP contribution is 2.29. The summed E-state index contributed by atoms with van der Waals surface area (Å²) >= 11 is 3.45. The Morgan fingerprint density at radius 2 is 2.10 bits per heavy atom. The van der Waals surface area contributed by atoms with E-state index in [2.05, 4.69) is 38.1 Å². The van der Waals surface area contributed by atoms with Crippen molar-refractivity contribution < 1.29 is 9.90 Å². The molecule has 0 aliphatic carbocycles. The summed E-state index contributed by atoms with van der Waals surface area (Å²) in [6, 6.07) is 10.5. The molecule has 0 amide bonds. The molecule has 0 bridgehead atoms. The number of carboxylic acid groups (broad SMARTS) is 1. The average molecular weight is 304 g/mol. The molecule has 0 fully saturated rings. The molecule has 20 heavy (non-hydrogen) atoms. The number of carboxylic acids is 1. The van der Waals surface area contributed by atoms with Crippen LogP contribution in [0.4, 0.5) is 0 Å². The maximum absolute atomic E-state index is 10.5. The van der Waals surface area contributed by atoms with Crippen molar-refractivity contribution in [3.63, 3.8) is 0 Å². The zero-order valence-corrected chi connectivity index (χ0v) is 13.1. The highest BCUT2D eigenvalue weighted by Gasteiger charge is 2.03. The lowest BCUT2D eigenvalue weighted by Gasteiger charge is -2.05. The fraction of sp³-hybridized carbons (Fsp3) is 0.188. The first-order valence-corrected chi connectivity index (χ1v) is 8.04. The number of hydrogen-bond acceptors (Lipinski definition) is 3. The van der Waals surface area contributed by atoms with Crippen LogP contribution in [-0.2, 0) is 10.5 Å². The number of benzene rings is 1. The van der Waals surface area contributed by atoms with Gasteiger partial charge in [-0.1, -0.05) is 17.7 Å². The molecule has 4 heteroatoms. The second-order valence-corrected chi connectivity index (χ2v) is 6.75. The number of thioether (sulfide) groups is 1. The summed E-state index contributed by atoms with van der Waals surface area (Å²) in [6.45, 7) is 4.23. The molecule has 1 aromatic carbocycles. The van der Waals surface area contributed by atoms with Crippen LogP contribution < -0.4 is 0 Å². The summed E-state index contributed by atoms with van der Waals surface area (Å²) < 4.78 is 0. The Bertz CT molecular complexity index is 642. The third-order valence-corrected chi connectivity index (χ3v) is 5.23. The van der Waals surface area contributed by atoms with Crippen LogP contribution in [0.15, 0.2) is 41.3 Å². The quantitative estimate of drug-likeness (QED) is 0.639.